The van der Waals surface area contributed by atoms with Gasteiger partial charge >= 0.3 is 0 Å². The van der Waals surface area contributed by atoms with E-state index < -0.39 is 0 Å². The van der Waals surface area contributed by atoms with Gasteiger partial charge in [0.15, 0.2) is 0 Å². The summed E-state index contributed by atoms with van der Waals surface area (Å²) in [4.78, 5) is 4.58. The summed E-state index contributed by atoms with van der Waals surface area (Å²) in [6.07, 6.45) is 0. The van der Waals surface area contributed by atoms with Crippen LogP contribution >= 0.6 is 0 Å². The fourth-order valence-electron chi connectivity index (χ4n) is 1.62. The Morgan fingerprint density at radius 1 is 0.882 bits per heavy atom. The molecule has 0 radical (unpaired) electrons. The van der Waals surface area contributed by atoms with Gasteiger partial charge in [-0.1, -0.05) is 42.5 Å². The van der Waals surface area contributed by atoms with E-state index in [0.29, 0.717) is 6.61 Å². The van der Waals surface area contributed by atoms with Crippen LogP contribution in [0.25, 0.3) is 0 Å². The molecule has 88 valence electrons. The molecule has 0 aliphatic carbocycles. The van der Waals surface area contributed by atoms with Gasteiger partial charge in [0.1, 0.15) is 0 Å². The molecule has 3 nitrogen and oxygen atoms in total. The minimum absolute atomic E-state index is 0.443. The van der Waals surface area contributed by atoms with E-state index >= 15 is 0 Å². The molecule has 0 atom stereocenters. The molecule has 0 aliphatic rings. The first-order valence-electron chi connectivity index (χ1n) is 5.57. The van der Waals surface area contributed by atoms with Crippen molar-refractivity contribution in [2.24, 2.45) is 5.90 Å². The van der Waals surface area contributed by atoms with Crippen LogP contribution in [0, 0.1) is 0 Å². The predicted molar refractivity (Wildman–Crippen MR) is 69.2 cm³/mol. The van der Waals surface area contributed by atoms with Gasteiger partial charge in [-0.2, -0.15) is 0 Å². The van der Waals surface area contributed by atoms with Crippen LogP contribution in [0.5, 0.6) is 0 Å². The van der Waals surface area contributed by atoms with E-state index in [1.54, 1.807) is 0 Å². The molecule has 0 unspecified atom stereocenters. The van der Waals surface area contributed by atoms with E-state index in [2.05, 4.69) is 22.3 Å². The minimum atomic E-state index is 0.443. The van der Waals surface area contributed by atoms with E-state index in [4.69, 9.17) is 5.90 Å². The molecule has 3 N–H and O–H groups in total. The summed E-state index contributed by atoms with van der Waals surface area (Å²) in [5.41, 5.74) is 3.43. The summed E-state index contributed by atoms with van der Waals surface area (Å²) in [6.45, 7) is 1.27. The highest BCUT2D eigenvalue weighted by atomic mass is 16.6. The lowest BCUT2D eigenvalue weighted by Gasteiger charge is -2.07. The zero-order valence-electron chi connectivity index (χ0n) is 9.60. The number of nitrogens with one attached hydrogen (secondary N) is 1. The molecule has 2 aromatic rings. The van der Waals surface area contributed by atoms with Gasteiger partial charge in [-0.15, -0.1) is 0 Å². The van der Waals surface area contributed by atoms with Crippen molar-refractivity contribution >= 4 is 5.69 Å². The molecule has 2 aromatic carbocycles. The van der Waals surface area contributed by atoms with E-state index in [0.717, 1.165) is 17.8 Å². The zero-order chi connectivity index (χ0) is 11.9. The Morgan fingerprint density at radius 3 is 2.24 bits per heavy atom. The molecule has 0 bridgehead atoms. The molecule has 0 heterocycles. The quantitative estimate of drug-likeness (QED) is 0.773. The fourth-order valence-corrected chi connectivity index (χ4v) is 1.62. The summed E-state index contributed by atoms with van der Waals surface area (Å²) >= 11 is 0. The summed E-state index contributed by atoms with van der Waals surface area (Å²) in [5.74, 6) is 5.02. The normalized spacial score (nSPS) is 10.2. The van der Waals surface area contributed by atoms with Crippen molar-refractivity contribution in [1.29, 1.82) is 0 Å². The number of hydrogen-bond donors (Lipinski definition) is 2. The first kappa shape index (κ1) is 11.6. The standard InChI is InChI=1S/C14H16N2O/c15-17-11-13-6-8-14(9-7-13)16-10-12-4-2-1-3-5-12/h1-9,16H,10-11,15H2. The largest absolute Gasteiger partial charge is 0.381 e. The van der Waals surface area contributed by atoms with Gasteiger partial charge in [0, 0.05) is 12.2 Å². The van der Waals surface area contributed by atoms with Crippen molar-refractivity contribution in [2.75, 3.05) is 5.32 Å². The molecular formula is C14H16N2O. The Morgan fingerprint density at radius 2 is 1.59 bits per heavy atom. The topological polar surface area (TPSA) is 47.3 Å². The number of rotatable bonds is 5. The third-order valence-corrected chi connectivity index (χ3v) is 2.54. The number of nitrogens with two attached hydrogens (primary N) is 1. The van der Waals surface area contributed by atoms with Crippen LogP contribution in [-0.4, -0.2) is 0 Å². The van der Waals surface area contributed by atoms with Gasteiger partial charge in [-0.25, -0.2) is 5.90 Å². The van der Waals surface area contributed by atoms with E-state index in [9.17, 15) is 0 Å². The Labute approximate surface area is 101 Å². The van der Waals surface area contributed by atoms with Crippen LogP contribution < -0.4 is 11.2 Å². The Kier molecular flexibility index (Phi) is 4.13. The average Bonchev–Trinajstić information content (AvgIpc) is 2.40. The predicted octanol–water partition coefficient (Wildman–Crippen LogP) is 2.69. The number of benzene rings is 2. The third kappa shape index (κ3) is 3.59. The van der Waals surface area contributed by atoms with Gasteiger partial charge in [0.05, 0.1) is 6.61 Å². The van der Waals surface area contributed by atoms with E-state index in [1.165, 1.54) is 5.56 Å². The lowest BCUT2D eigenvalue weighted by molar-refractivity contribution is 0.124. The molecule has 0 spiro atoms. The average molecular weight is 228 g/mol. The zero-order valence-corrected chi connectivity index (χ0v) is 9.60. The molecule has 0 saturated heterocycles. The van der Waals surface area contributed by atoms with Gasteiger partial charge in [0.25, 0.3) is 0 Å². The third-order valence-electron chi connectivity index (χ3n) is 2.54. The monoisotopic (exact) mass is 228 g/mol. The first-order chi connectivity index (χ1) is 8.38. The van der Waals surface area contributed by atoms with Crippen LogP contribution in [0.2, 0.25) is 0 Å². The maximum Gasteiger partial charge on any atom is 0.0930 e. The summed E-state index contributed by atoms with van der Waals surface area (Å²) in [7, 11) is 0. The lowest BCUT2D eigenvalue weighted by Crippen LogP contribution is -2.01. The van der Waals surface area contributed by atoms with Gasteiger partial charge < -0.3 is 5.32 Å². The Bertz CT molecular complexity index is 440. The maximum atomic E-state index is 5.02. The fraction of sp³-hybridized carbons (Fsp3) is 0.143. The van der Waals surface area contributed by atoms with Crippen LogP contribution in [0.1, 0.15) is 11.1 Å². The minimum Gasteiger partial charge on any atom is -0.381 e. The van der Waals surface area contributed by atoms with Gasteiger partial charge in [-0.05, 0) is 23.3 Å². The van der Waals surface area contributed by atoms with Crippen molar-refractivity contribution in [3.8, 4) is 0 Å². The lowest BCUT2D eigenvalue weighted by atomic mass is 10.2. The summed E-state index contributed by atoms with van der Waals surface area (Å²) < 4.78 is 0. The second-order valence-electron chi connectivity index (χ2n) is 3.85. The van der Waals surface area contributed by atoms with E-state index in [-0.39, 0.29) is 0 Å². The molecule has 3 heteroatoms. The van der Waals surface area contributed by atoms with Crippen LogP contribution in [0.3, 0.4) is 0 Å². The highest BCUT2D eigenvalue weighted by Gasteiger charge is 1.95. The Balaban J connectivity index is 1.91. The van der Waals surface area contributed by atoms with Crippen LogP contribution in [0.15, 0.2) is 54.6 Å². The highest BCUT2D eigenvalue weighted by molar-refractivity contribution is 5.45. The number of anilines is 1. The summed E-state index contributed by atoms with van der Waals surface area (Å²) in [5, 5.41) is 3.36. The van der Waals surface area contributed by atoms with Crippen molar-refractivity contribution in [1.82, 2.24) is 0 Å². The molecule has 2 rings (SSSR count). The summed E-state index contributed by atoms with van der Waals surface area (Å²) in [6, 6.07) is 18.4. The van der Waals surface area contributed by atoms with Crippen LogP contribution in [-0.2, 0) is 18.0 Å². The SMILES string of the molecule is NOCc1ccc(NCc2ccccc2)cc1. The highest BCUT2D eigenvalue weighted by Crippen LogP contribution is 2.11. The van der Waals surface area contributed by atoms with Crippen molar-refractivity contribution in [3.05, 3.63) is 65.7 Å². The number of hydrogen-bond acceptors (Lipinski definition) is 3. The first-order valence-corrected chi connectivity index (χ1v) is 5.57. The van der Waals surface area contributed by atoms with E-state index in [1.807, 2.05) is 42.5 Å². The molecule has 0 amide bonds. The van der Waals surface area contributed by atoms with Crippen molar-refractivity contribution in [2.45, 2.75) is 13.2 Å². The van der Waals surface area contributed by atoms with Gasteiger partial charge in [-0.3, -0.25) is 4.84 Å². The van der Waals surface area contributed by atoms with Crippen molar-refractivity contribution < 1.29 is 4.84 Å². The molecule has 0 aliphatic heterocycles. The maximum absolute atomic E-state index is 5.02. The molecule has 0 aromatic heterocycles. The molecule has 0 fully saturated rings. The van der Waals surface area contributed by atoms with Crippen LogP contribution in [0.4, 0.5) is 5.69 Å². The smallest absolute Gasteiger partial charge is 0.0930 e. The molecule has 0 saturated carbocycles. The second kappa shape index (κ2) is 6.03. The Hall–Kier alpha value is -1.84. The van der Waals surface area contributed by atoms with Gasteiger partial charge in [0.2, 0.25) is 0 Å². The second-order valence-corrected chi connectivity index (χ2v) is 3.85. The molecular weight excluding hydrogens is 212 g/mol. The molecule has 17 heavy (non-hydrogen) atoms. The van der Waals surface area contributed by atoms with Crippen molar-refractivity contribution in [3.63, 3.8) is 0 Å².